The van der Waals surface area contributed by atoms with E-state index in [-0.39, 0.29) is 188 Å². The average Bonchev–Trinajstić information content (AvgIpc) is 1.59. The molecule has 0 aromatic heterocycles. The molecule has 12 heteroatoms. The van der Waals surface area contributed by atoms with E-state index in [1.807, 2.05) is 0 Å². The molecule has 1 heterocycles. The van der Waals surface area contributed by atoms with Gasteiger partial charge in [0.2, 0.25) is 0 Å². The summed E-state index contributed by atoms with van der Waals surface area (Å²) in [6.07, 6.45) is 0. The maximum Gasteiger partial charge on any atom is 1.00 e. The van der Waals surface area contributed by atoms with Gasteiger partial charge in [0.25, 0.3) is 0 Å². The summed E-state index contributed by atoms with van der Waals surface area (Å²) in [5, 5.41) is 0. The van der Waals surface area contributed by atoms with E-state index >= 15 is 0 Å². The van der Waals surface area contributed by atoms with Crippen LogP contribution in [0.5, 0.6) is 0 Å². The van der Waals surface area contributed by atoms with E-state index in [9.17, 15) is 0 Å². The first-order chi connectivity index (χ1) is 4.18. The van der Waals surface area contributed by atoms with Crippen LogP contribution in [0.1, 0.15) is 0 Å². The van der Waals surface area contributed by atoms with Crippen molar-refractivity contribution in [2.75, 3.05) is 0 Å². The van der Waals surface area contributed by atoms with Gasteiger partial charge >= 0.3 is 175 Å². The molecule has 12 heavy (non-hydrogen) atoms. The molecule has 1 aliphatic heterocycles. The molecule has 0 amide bonds. The zero-order valence-corrected chi connectivity index (χ0v) is 26.8. The van der Waals surface area contributed by atoms with Crippen molar-refractivity contribution in [3.63, 3.8) is 0 Å². The minimum atomic E-state index is 0. The van der Waals surface area contributed by atoms with Gasteiger partial charge in [0, 0.05) is 0 Å². The Morgan fingerprint density at radius 3 is 0.917 bits per heavy atom. The van der Waals surface area contributed by atoms with E-state index in [2.05, 4.69) is 0 Å². The Kier molecular flexibility index (Phi) is 31.1. The van der Waals surface area contributed by atoms with Crippen molar-refractivity contribution >= 4 is 85.5 Å². The van der Waals surface area contributed by atoms with Gasteiger partial charge in [-0.3, -0.25) is 34.4 Å². The third-order valence-corrected chi connectivity index (χ3v) is 6.00. The number of rotatable bonds is 0. The van der Waals surface area contributed by atoms with Crippen LogP contribution in [0.4, 0.5) is 0 Å². The van der Waals surface area contributed by atoms with Gasteiger partial charge < -0.3 is 37.4 Å². The third kappa shape index (κ3) is 12.7. The van der Waals surface area contributed by atoms with Gasteiger partial charge in [-0.1, -0.05) is 0 Å². The van der Waals surface area contributed by atoms with Crippen LogP contribution < -0.4 is 175 Å². The van der Waals surface area contributed by atoms with Gasteiger partial charge in [0.1, 0.15) is 0 Å². The summed E-state index contributed by atoms with van der Waals surface area (Å²) in [6.45, 7) is 0. The zero-order valence-electron chi connectivity index (χ0n) is 7.18. The Morgan fingerprint density at radius 1 is 0.583 bits per heavy atom. The number of hydrogen-bond acceptors (Lipinski definition) is 6. The molecule has 1 rings (SSSR count). The molecule has 0 saturated carbocycles. The maximum atomic E-state index is 5.02. The molecule has 0 nitrogen and oxygen atoms in total. The molecule has 0 spiro atoms. The Hall–Kier alpha value is 7.71. The quantitative estimate of drug-likeness (QED) is 0.248. The fraction of sp³-hybridized carbons (Fsp3) is 0. The molecule has 0 atom stereocenters. The first kappa shape index (κ1) is 24.7. The van der Waals surface area contributed by atoms with Crippen LogP contribution in [0.3, 0.4) is 0 Å². The normalized spacial score (nSPS) is 15.8. The monoisotopic (exact) mass is 480 g/mol. The van der Waals surface area contributed by atoms with E-state index in [1.165, 1.54) is 0 Å². The van der Waals surface area contributed by atoms with Gasteiger partial charge in [-0.25, -0.2) is 0 Å². The first-order valence-corrected chi connectivity index (χ1v) is 6.36. The molecule has 0 unspecified atom stereocenters. The molecule has 0 aliphatic carbocycles. The standard InChI is InChI=1S/B3S6.3Rb/c4-1-7-2(5)9-3(6)8-1;;;/q-3;3*+1. The number of hydrogen-bond donors (Lipinski definition) is 0. The summed E-state index contributed by atoms with van der Waals surface area (Å²) in [4.78, 5) is 0. The van der Waals surface area contributed by atoms with E-state index in [0.29, 0.717) is 0 Å². The Bertz CT molecular complexity index is 79.0. The molecule has 0 bridgehead atoms. The van der Waals surface area contributed by atoms with Gasteiger partial charge in [-0.05, 0) is 0 Å². The van der Waals surface area contributed by atoms with Crippen LogP contribution in [0, 0.1) is 0 Å². The minimum absolute atomic E-state index is 0. The van der Waals surface area contributed by atoms with Crippen LogP contribution in [0.2, 0.25) is 0 Å². The van der Waals surface area contributed by atoms with Crippen LogP contribution in [0.25, 0.3) is 0 Å². The summed E-state index contributed by atoms with van der Waals surface area (Å²) in [5.41, 5.74) is 0. The van der Waals surface area contributed by atoms with Crippen molar-refractivity contribution < 1.29 is 175 Å². The summed E-state index contributed by atoms with van der Waals surface area (Å²) < 4.78 is 0.531. The first-order valence-electron chi connectivity index (χ1n) is 2.12. The van der Waals surface area contributed by atoms with Crippen LogP contribution in [-0.2, 0) is 37.4 Å². The van der Waals surface area contributed by atoms with Crippen molar-refractivity contribution in [1.29, 1.82) is 0 Å². The van der Waals surface area contributed by atoms with Crippen molar-refractivity contribution in [2.45, 2.75) is 0 Å². The molecule has 0 aromatic rings. The topological polar surface area (TPSA) is 0 Å². The second-order valence-corrected chi connectivity index (χ2v) is 9.02. The van der Waals surface area contributed by atoms with Crippen LogP contribution >= 0.6 is 34.4 Å². The molecule has 48 valence electrons. The zero-order chi connectivity index (χ0) is 6.85. The van der Waals surface area contributed by atoms with Gasteiger partial charge in [-0.2, -0.15) is 0 Å². The fourth-order valence-electron chi connectivity index (χ4n) is 0.368. The van der Waals surface area contributed by atoms with Crippen LogP contribution in [0.15, 0.2) is 0 Å². The van der Waals surface area contributed by atoms with Crippen molar-refractivity contribution in [2.24, 2.45) is 0 Å². The van der Waals surface area contributed by atoms with E-state index in [0.717, 1.165) is 0 Å². The molecule has 0 aromatic carbocycles. The molecular formula is B3Rb3S6. The summed E-state index contributed by atoms with van der Waals surface area (Å²) >= 11 is 20.0. The summed E-state index contributed by atoms with van der Waals surface area (Å²) in [7, 11) is 0. The van der Waals surface area contributed by atoms with Gasteiger partial charge in [0.05, 0.1) is 13.6 Å². The van der Waals surface area contributed by atoms with Crippen molar-refractivity contribution in [3.05, 3.63) is 0 Å². The predicted molar refractivity (Wildman–Crippen MR) is 62.1 cm³/mol. The Balaban J connectivity index is -0.000000270. The molecule has 1 fully saturated rings. The predicted octanol–water partition coefficient (Wildman–Crippen LogP) is -8.19. The molecule has 0 N–H and O–H groups in total. The maximum absolute atomic E-state index is 5.02. The summed E-state index contributed by atoms with van der Waals surface area (Å²) in [6, 6.07) is 0. The smallest absolute Gasteiger partial charge is 0.803 e. The van der Waals surface area contributed by atoms with E-state index in [4.69, 9.17) is 37.4 Å². The largest absolute Gasteiger partial charge is 1.00 e. The third-order valence-electron chi connectivity index (χ3n) is 0.667. The fourth-order valence-corrected chi connectivity index (χ4v) is 8.21. The molecular weight excluding hydrogens is 481 g/mol. The minimum Gasteiger partial charge on any atom is -0.803 e. The van der Waals surface area contributed by atoms with Crippen molar-refractivity contribution in [1.82, 2.24) is 0 Å². The van der Waals surface area contributed by atoms with Gasteiger partial charge in [-0.15, -0.1) is 0 Å². The van der Waals surface area contributed by atoms with E-state index in [1.54, 1.807) is 34.4 Å². The SMILES string of the molecule is [Rb+].[Rb+].[Rb+].[S-]B1SB([S-])SB([S-])S1. The van der Waals surface area contributed by atoms with E-state index < -0.39 is 0 Å². The van der Waals surface area contributed by atoms with Crippen LogP contribution in [-0.4, -0.2) is 13.6 Å². The molecule has 0 radical (unpaired) electrons. The Morgan fingerprint density at radius 2 is 0.750 bits per heavy atom. The average molecular weight is 481 g/mol. The molecule has 1 aliphatic rings. The Labute approximate surface area is 251 Å². The summed E-state index contributed by atoms with van der Waals surface area (Å²) in [5.74, 6) is 0. The van der Waals surface area contributed by atoms with Gasteiger partial charge in [0.15, 0.2) is 0 Å². The second-order valence-electron chi connectivity index (χ2n) is 1.27. The van der Waals surface area contributed by atoms with Crippen molar-refractivity contribution in [3.8, 4) is 0 Å². The second kappa shape index (κ2) is 15.1. The molecule has 1 saturated heterocycles.